The smallest absolute Gasteiger partial charge is 0.312 e. The van der Waals surface area contributed by atoms with Gasteiger partial charge in [0.2, 0.25) is 0 Å². The van der Waals surface area contributed by atoms with Gasteiger partial charge in [-0.05, 0) is 26.2 Å². The Kier molecular flexibility index (Phi) is 7.59. The van der Waals surface area contributed by atoms with Gasteiger partial charge in [0.15, 0.2) is 0 Å². The Labute approximate surface area is 104 Å². The van der Waals surface area contributed by atoms with Crippen molar-refractivity contribution in [3.8, 4) is 0 Å². The highest BCUT2D eigenvalue weighted by Crippen LogP contribution is 2.28. The summed E-state index contributed by atoms with van der Waals surface area (Å²) >= 11 is 0. The van der Waals surface area contributed by atoms with Crippen LogP contribution >= 0.6 is 0 Å². The summed E-state index contributed by atoms with van der Waals surface area (Å²) in [5.41, 5.74) is -0.764. The summed E-state index contributed by atoms with van der Waals surface area (Å²) in [5, 5.41) is 0. The van der Waals surface area contributed by atoms with Crippen molar-refractivity contribution in [3.63, 3.8) is 0 Å². The molecule has 0 bridgehead atoms. The predicted molar refractivity (Wildman–Crippen MR) is 65.5 cm³/mol. The van der Waals surface area contributed by atoms with Crippen LogP contribution in [-0.2, 0) is 19.1 Å². The summed E-state index contributed by atoms with van der Waals surface area (Å²) in [6.45, 7) is 8.30. The Bertz CT molecular complexity index is 250. The molecule has 0 aromatic heterocycles. The molecule has 0 aliphatic carbocycles. The SMILES string of the molecule is CCCOC(=O)CC(C)(CC)C(=O)OCCC. The van der Waals surface area contributed by atoms with Crippen molar-refractivity contribution < 1.29 is 19.1 Å². The van der Waals surface area contributed by atoms with Gasteiger partial charge >= 0.3 is 11.9 Å². The molecular formula is C13H24O4. The van der Waals surface area contributed by atoms with Crippen LogP contribution in [0, 0.1) is 5.41 Å². The molecule has 4 heteroatoms. The maximum atomic E-state index is 11.8. The van der Waals surface area contributed by atoms with Crippen molar-refractivity contribution in [2.75, 3.05) is 13.2 Å². The minimum absolute atomic E-state index is 0.0893. The van der Waals surface area contributed by atoms with Crippen LogP contribution in [0.15, 0.2) is 0 Å². The second-order valence-electron chi connectivity index (χ2n) is 4.45. The van der Waals surface area contributed by atoms with Crippen LogP contribution in [-0.4, -0.2) is 25.2 Å². The summed E-state index contributed by atoms with van der Waals surface area (Å²) in [7, 11) is 0. The van der Waals surface area contributed by atoms with Crippen LogP contribution in [0.5, 0.6) is 0 Å². The molecule has 100 valence electrons. The minimum atomic E-state index is -0.764. The average molecular weight is 244 g/mol. The average Bonchev–Trinajstić information content (AvgIpc) is 2.32. The summed E-state index contributed by atoms with van der Waals surface area (Å²) in [4.78, 5) is 23.4. The first-order valence-electron chi connectivity index (χ1n) is 6.33. The zero-order chi connectivity index (χ0) is 13.3. The van der Waals surface area contributed by atoms with E-state index >= 15 is 0 Å². The molecule has 0 aromatic carbocycles. The van der Waals surface area contributed by atoms with Crippen molar-refractivity contribution in [1.82, 2.24) is 0 Å². The van der Waals surface area contributed by atoms with Gasteiger partial charge in [-0.2, -0.15) is 0 Å². The molecule has 0 aliphatic heterocycles. The number of esters is 2. The highest BCUT2D eigenvalue weighted by molar-refractivity contribution is 5.83. The van der Waals surface area contributed by atoms with E-state index in [1.807, 2.05) is 20.8 Å². The maximum Gasteiger partial charge on any atom is 0.312 e. The maximum absolute atomic E-state index is 11.8. The molecule has 0 amide bonds. The molecule has 0 aromatic rings. The van der Waals surface area contributed by atoms with Crippen molar-refractivity contribution in [2.24, 2.45) is 5.41 Å². The summed E-state index contributed by atoms with van der Waals surface area (Å²) < 4.78 is 10.1. The van der Waals surface area contributed by atoms with Crippen LogP contribution in [0.2, 0.25) is 0 Å². The Morgan fingerprint density at radius 1 is 1.00 bits per heavy atom. The topological polar surface area (TPSA) is 52.6 Å². The highest BCUT2D eigenvalue weighted by atomic mass is 16.5. The number of carbonyl (C=O) groups is 2. The van der Waals surface area contributed by atoms with Gasteiger partial charge in [-0.15, -0.1) is 0 Å². The van der Waals surface area contributed by atoms with Crippen LogP contribution < -0.4 is 0 Å². The lowest BCUT2D eigenvalue weighted by Gasteiger charge is -2.24. The van der Waals surface area contributed by atoms with Crippen molar-refractivity contribution in [3.05, 3.63) is 0 Å². The van der Waals surface area contributed by atoms with Crippen LogP contribution in [0.4, 0.5) is 0 Å². The molecule has 1 unspecified atom stereocenters. The summed E-state index contributed by atoms with van der Waals surface area (Å²) in [6, 6.07) is 0. The molecule has 17 heavy (non-hydrogen) atoms. The van der Waals surface area contributed by atoms with Gasteiger partial charge in [-0.3, -0.25) is 9.59 Å². The molecule has 0 heterocycles. The number of ether oxygens (including phenoxy) is 2. The fourth-order valence-electron chi connectivity index (χ4n) is 1.30. The van der Waals surface area contributed by atoms with Crippen molar-refractivity contribution in [1.29, 1.82) is 0 Å². The normalized spacial score (nSPS) is 13.9. The quantitative estimate of drug-likeness (QED) is 0.616. The van der Waals surface area contributed by atoms with E-state index in [-0.39, 0.29) is 18.4 Å². The zero-order valence-electron chi connectivity index (χ0n) is 11.4. The van der Waals surface area contributed by atoms with Gasteiger partial charge in [0.25, 0.3) is 0 Å². The van der Waals surface area contributed by atoms with Crippen LogP contribution in [0.1, 0.15) is 53.4 Å². The minimum Gasteiger partial charge on any atom is -0.466 e. The van der Waals surface area contributed by atoms with E-state index in [0.29, 0.717) is 19.6 Å². The lowest BCUT2D eigenvalue weighted by molar-refractivity contribution is -0.162. The number of rotatable bonds is 8. The predicted octanol–water partition coefficient (Wildman–Crippen LogP) is 2.70. The largest absolute Gasteiger partial charge is 0.466 e. The molecule has 0 N–H and O–H groups in total. The Morgan fingerprint density at radius 3 is 2.00 bits per heavy atom. The van der Waals surface area contributed by atoms with E-state index in [1.54, 1.807) is 6.92 Å². The van der Waals surface area contributed by atoms with Gasteiger partial charge in [0.1, 0.15) is 0 Å². The van der Waals surface area contributed by atoms with Crippen molar-refractivity contribution >= 4 is 11.9 Å². The Morgan fingerprint density at radius 2 is 1.53 bits per heavy atom. The van der Waals surface area contributed by atoms with E-state index in [4.69, 9.17) is 9.47 Å². The van der Waals surface area contributed by atoms with Gasteiger partial charge < -0.3 is 9.47 Å². The number of carbonyl (C=O) groups excluding carboxylic acids is 2. The molecule has 0 spiro atoms. The summed E-state index contributed by atoms with van der Waals surface area (Å²) in [5.74, 6) is -0.639. The number of hydrogen-bond donors (Lipinski definition) is 0. The monoisotopic (exact) mass is 244 g/mol. The second-order valence-corrected chi connectivity index (χ2v) is 4.45. The molecule has 1 atom stereocenters. The van der Waals surface area contributed by atoms with Gasteiger partial charge in [-0.25, -0.2) is 0 Å². The standard InChI is InChI=1S/C13H24O4/c1-5-8-16-11(14)10-13(4,7-3)12(15)17-9-6-2/h5-10H2,1-4H3. The lowest BCUT2D eigenvalue weighted by atomic mass is 9.84. The molecule has 0 rings (SSSR count). The first kappa shape index (κ1) is 15.9. The third kappa shape index (κ3) is 5.71. The molecule has 0 saturated heterocycles. The van der Waals surface area contributed by atoms with Crippen LogP contribution in [0.25, 0.3) is 0 Å². The highest BCUT2D eigenvalue weighted by Gasteiger charge is 2.36. The van der Waals surface area contributed by atoms with Crippen LogP contribution in [0.3, 0.4) is 0 Å². The first-order chi connectivity index (χ1) is 8.00. The fraction of sp³-hybridized carbons (Fsp3) is 0.846. The van der Waals surface area contributed by atoms with Crippen molar-refractivity contribution in [2.45, 2.75) is 53.4 Å². The second kappa shape index (κ2) is 8.09. The Balaban J connectivity index is 4.34. The lowest BCUT2D eigenvalue weighted by Crippen LogP contribution is -2.32. The third-order valence-corrected chi connectivity index (χ3v) is 2.71. The molecule has 4 nitrogen and oxygen atoms in total. The van der Waals surface area contributed by atoms with E-state index in [0.717, 1.165) is 12.8 Å². The molecule has 0 radical (unpaired) electrons. The van der Waals surface area contributed by atoms with E-state index in [9.17, 15) is 9.59 Å². The Hall–Kier alpha value is -1.06. The third-order valence-electron chi connectivity index (χ3n) is 2.71. The van der Waals surface area contributed by atoms with E-state index < -0.39 is 5.41 Å². The van der Waals surface area contributed by atoms with E-state index in [2.05, 4.69) is 0 Å². The van der Waals surface area contributed by atoms with Gasteiger partial charge in [-0.1, -0.05) is 20.8 Å². The fourth-order valence-corrected chi connectivity index (χ4v) is 1.30. The molecule has 0 saturated carbocycles. The van der Waals surface area contributed by atoms with Gasteiger partial charge in [0.05, 0.1) is 25.0 Å². The molecule has 0 aliphatic rings. The molecular weight excluding hydrogens is 220 g/mol. The van der Waals surface area contributed by atoms with Gasteiger partial charge in [0, 0.05) is 0 Å². The summed E-state index contributed by atoms with van der Waals surface area (Å²) in [6.07, 6.45) is 2.23. The molecule has 0 fully saturated rings. The van der Waals surface area contributed by atoms with E-state index in [1.165, 1.54) is 0 Å². The zero-order valence-corrected chi connectivity index (χ0v) is 11.4. The first-order valence-corrected chi connectivity index (χ1v) is 6.33. The number of hydrogen-bond acceptors (Lipinski definition) is 4.